The van der Waals surface area contributed by atoms with E-state index in [0.29, 0.717) is 5.41 Å². The molecule has 1 heterocycles. The Morgan fingerprint density at radius 2 is 1.93 bits per heavy atom. The van der Waals surface area contributed by atoms with Crippen LogP contribution in [-0.2, 0) is 6.42 Å². The third-order valence-electron chi connectivity index (χ3n) is 2.33. The first-order chi connectivity index (χ1) is 6.47. The van der Waals surface area contributed by atoms with Crippen LogP contribution in [-0.4, -0.2) is 4.98 Å². The van der Waals surface area contributed by atoms with E-state index in [4.69, 9.17) is 0 Å². The molecular formula is C13H21N. The van der Waals surface area contributed by atoms with E-state index >= 15 is 0 Å². The highest BCUT2D eigenvalue weighted by Crippen LogP contribution is 2.21. The average Bonchev–Trinajstić information content (AvgIpc) is 2.06. The minimum Gasteiger partial charge on any atom is -0.261 e. The van der Waals surface area contributed by atoms with Crippen molar-refractivity contribution in [1.82, 2.24) is 4.98 Å². The molecule has 0 bridgehead atoms. The molecule has 0 aliphatic carbocycles. The van der Waals surface area contributed by atoms with Crippen LogP contribution in [0.5, 0.6) is 0 Å². The maximum absolute atomic E-state index is 4.40. The number of aromatic nitrogens is 1. The van der Waals surface area contributed by atoms with E-state index in [0.717, 1.165) is 6.42 Å². The van der Waals surface area contributed by atoms with Gasteiger partial charge in [-0.05, 0) is 43.2 Å². The third-order valence-corrected chi connectivity index (χ3v) is 2.33. The lowest BCUT2D eigenvalue weighted by Gasteiger charge is -2.17. The molecule has 1 aromatic rings. The zero-order valence-electron chi connectivity index (χ0n) is 9.80. The van der Waals surface area contributed by atoms with E-state index in [1.807, 2.05) is 6.20 Å². The summed E-state index contributed by atoms with van der Waals surface area (Å²) in [5.74, 6) is 0. The second-order valence-electron chi connectivity index (χ2n) is 5.24. The van der Waals surface area contributed by atoms with Crippen molar-refractivity contribution in [3.63, 3.8) is 0 Å². The summed E-state index contributed by atoms with van der Waals surface area (Å²) >= 11 is 0. The lowest BCUT2D eigenvalue weighted by molar-refractivity contribution is 0.365. The van der Waals surface area contributed by atoms with Crippen LogP contribution in [0.2, 0.25) is 0 Å². The fourth-order valence-corrected chi connectivity index (χ4v) is 1.45. The standard InChI is InChI=1S/C13H21N/c1-11-7-8-12(14-10-11)6-5-9-13(2,3)4/h7-8,10H,5-6,9H2,1-4H3. The smallest absolute Gasteiger partial charge is 0.0403 e. The molecule has 0 saturated heterocycles. The van der Waals surface area contributed by atoms with E-state index in [1.165, 1.54) is 24.1 Å². The van der Waals surface area contributed by atoms with Gasteiger partial charge in [-0.15, -0.1) is 0 Å². The molecule has 0 saturated carbocycles. The number of aryl methyl sites for hydroxylation is 2. The van der Waals surface area contributed by atoms with Crippen LogP contribution in [0.3, 0.4) is 0 Å². The first-order valence-corrected chi connectivity index (χ1v) is 5.39. The van der Waals surface area contributed by atoms with Crippen molar-refractivity contribution in [3.8, 4) is 0 Å². The van der Waals surface area contributed by atoms with Crippen molar-refractivity contribution in [2.45, 2.75) is 47.0 Å². The number of rotatable bonds is 3. The monoisotopic (exact) mass is 191 g/mol. The maximum Gasteiger partial charge on any atom is 0.0403 e. The molecule has 1 heteroatoms. The lowest BCUT2D eigenvalue weighted by atomic mass is 9.89. The molecule has 0 fully saturated rings. The largest absolute Gasteiger partial charge is 0.261 e. The van der Waals surface area contributed by atoms with Gasteiger partial charge in [0.25, 0.3) is 0 Å². The molecule has 1 nitrogen and oxygen atoms in total. The van der Waals surface area contributed by atoms with Crippen molar-refractivity contribution in [2.75, 3.05) is 0 Å². The normalized spacial score (nSPS) is 11.7. The highest BCUT2D eigenvalue weighted by molar-refractivity contribution is 5.12. The summed E-state index contributed by atoms with van der Waals surface area (Å²) in [5, 5.41) is 0. The predicted molar refractivity (Wildman–Crippen MR) is 61.4 cm³/mol. The van der Waals surface area contributed by atoms with Gasteiger partial charge in [0.05, 0.1) is 0 Å². The second kappa shape index (κ2) is 4.59. The van der Waals surface area contributed by atoms with Crippen LogP contribution in [0.25, 0.3) is 0 Å². The predicted octanol–water partition coefficient (Wildman–Crippen LogP) is 3.76. The highest BCUT2D eigenvalue weighted by Gasteiger charge is 2.09. The highest BCUT2D eigenvalue weighted by atomic mass is 14.7. The third kappa shape index (κ3) is 4.40. The number of hydrogen-bond donors (Lipinski definition) is 0. The molecule has 0 radical (unpaired) electrons. The van der Waals surface area contributed by atoms with Crippen LogP contribution in [0.1, 0.15) is 44.9 Å². The summed E-state index contributed by atoms with van der Waals surface area (Å²) in [7, 11) is 0. The molecule has 0 aromatic carbocycles. The average molecular weight is 191 g/mol. The Balaban J connectivity index is 2.35. The molecule has 0 spiro atoms. The Bertz CT molecular complexity index is 266. The van der Waals surface area contributed by atoms with Gasteiger partial charge in [0.2, 0.25) is 0 Å². The molecule has 1 rings (SSSR count). The van der Waals surface area contributed by atoms with Gasteiger partial charge >= 0.3 is 0 Å². The molecule has 14 heavy (non-hydrogen) atoms. The van der Waals surface area contributed by atoms with Gasteiger partial charge in [-0.3, -0.25) is 4.98 Å². The van der Waals surface area contributed by atoms with Crippen LogP contribution >= 0.6 is 0 Å². The Morgan fingerprint density at radius 3 is 2.43 bits per heavy atom. The van der Waals surface area contributed by atoms with Crippen LogP contribution in [0.4, 0.5) is 0 Å². The number of hydrogen-bond acceptors (Lipinski definition) is 1. The van der Waals surface area contributed by atoms with E-state index in [-0.39, 0.29) is 0 Å². The van der Waals surface area contributed by atoms with E-state index < -0.39 is 0 Å². The molecule has 0 aliphatic rings. The van der Waals surface area contributed by atoms with Crippen LogP contribution < -0.4 is 0 Å². The fraction of sp³-hybridized carbons (Fsp3) is 0.615. The Morgan fingerprint density at radius 1 is 1.21 bits per heavy atom. The molecule has 0 unspecified atom stereocenters. The number of pyridine rings is 1. The molecule has 78 valence electrons. The summed E-state index contributed by atoms with van der Waals surface area (Å²) < 4.78 is 0. The van der Waals surface area contributed by atoms with Crippen molar-refractivity contribution in [3.05, 3.63) is 29.6 Å². The number of nitrogens with zero attached hydrogens (tertiary/aromatic N) is 1. The Labute approximate surface area is 87.6 Å². The van der Waals surface area contributed by atoms with E-state index in [9.17, 15) is 0 Å². The summed E-state index contributed by atoms with van der Waals surface area (Å²) in [6.07, 6.45) is 5.56. The minimum atomic E-state index is 0.449. The van der Waals surface area contributed by atoms with Crippen molar-refractivity contribution >= 4 is 0 Å². The molecule has 0 N–H and O–H groups in total. The van der Waals surface area contributed by atoms with Gasteiger partial charge in [-0.2, -0.15) is 0 Å². The second-order valence-corrected chi connectivity index (χ2v) is 5.24. The van der Waals surface area contributed by atoms with Gasteiger partial charge < -0.3 is 0 Å². The van der Waals surface area contributed by atoms with Gasteiger partial charge in [0.1, 0.15) is 0 Å². The summed E-state index contributed by atoms with van der Waals surface area (Å²) in [5.41, 5.74) is 2.91. The van der Waals surface area contributed by atoms with Crippen molar-refractivity contribution < 1.29 is 0 Å². The molecule has 0 atom stereocenters. The topological polar surface area (TPSA) is 12.9 Å². The van der Waals surface area contributed by atoms with Crippen molar-refractivity contribution in [1.29, 1.82) is 0 Å². The van der Waals surface area contributed by atoms with Gasteiger partial charge in [0.15, 0.2) is 0 Å². The minimum absolute atomic E-state index is 0.449. The van der Waals surface area contributed by atoms with E-state index in [2.05, 4.69) is 44.8 Å². The summed E-state index contributed by atoms with van der Waals surface area (Å²) in [6.45, 7) is 8.94. The quantitative estimate of drug-likeness (QED) is 0.709. The van der Waals surface area contributed by atoms with Gasteiger partial charge in [-0.25, -0.2) is 0 Å². The fourth-order valence-electron chi connectivity index (χ4n) is 1.45. The zero-order valence-corrected chi connectivity index (χ0v) is 9.80. The van der Waals surface area contributed by atoms with E-state index in [1.54, 1.807) is 0 Å². The first-order valence-electron chi connectivity index (χ1n) is 5.39. The zero-order chi connectivity index (χ0) is 10.6. The Hall–Kier alpha value is -0.850. The first kappa shape index (κ1) is 11.2. The molecule has 0 aliphatic heterocycles. The van der Waals surface area contributed by atoms with Gasteiger partial charge in [0, 0.05) is 11.9 Å². The molecular weight excluding hydrogens is 170 g/mol. The molecule has 1 aromatic heterocycles. The van der Waals surface area contributed by atoms with Crippen LogP contribution in [0.15, 0.2) is 18.3 Å². The summed E-state index contributed by atoms with van der Waals surface area (Å²) in [4.78, 5) is 4.40. The Kier molecular flexibility index (Phi) is 3.68. The SMILES string of the molecule is Cc1ccc(CCCC(C)(C)C)nc1. The van der Waals surface area contributed by atoms with Crippen molar-refractivity contribution in [2.24, 2.45) is 5.41 Å². The summed E-state index contributed by atoms with van der Waals surface area (Å²) in [6, 6.07) is 4.28. The maximum atomic E-state index is 4.40. The molecule has 0 amide bonds. The lowest BCUT2D eigenvalue weighted by Crippen LogP contribution is -2.05. The van der Waals surface area contributed by atoms with Crippen LogP contribution in [0, 0.1) is 12.3 Å². The van der Waals surface area contributed by atoms with Gasteiger partial charge in [-0.1, -0.05) is 26.8 Å².